The summed E-state index contributed by atoms with van der Waals surface area (Å²) in [6.07, 6.45) is 2.03. The summed E-state index contributed by atoms with van der Waals surface area (Å²) in [4.78, 5) is 2.37. The number of ether oxygens (including phenoxy) is 1. The number of rotatable bonds is 7. The first kappa shape index (κ1) is 16.5. The van der Waals surface area contributed by atoms with Crippen molar-refractivity contribution < 1.29 is 4.74 Å². The number of hydrogen-bond acceptors (Lipinski definition) is 3. The van der Waals surface area contributed by atoms with Crippen molar-refractivity contribution in [2.45, 2.75) is 32.2 Å². The fourth-order valence-corrected chi connectivity index (χ4v) is 2.60. The third kappa shape index (κ3) is 4.79. The molecular formula is C15H25BrN2O. The molecule has 0 radical (unpaired) electrons. The normalized spacial score (nSPS) is 11.9. The zero-order valence-electron chi connectivity index (χ0n) is 12.4. The maximum Gasteiger partial charge on any atom is 0.133 e. The van der Waals surface area contributed by atoms with Gasteiger partial charge in [0.25, 0.3) is 0 Å². The van der Waals surface area contributed by atoms with Crippen LogP contribution in [0.1, 0.15) is 25.8 Å². The minimum Gasteiger partial charge on any atom is -0.496 e. The Balaban J connectivity index is 2.59. The Morgan fingerprint density at radius 3 is 2.58 bits per heavy atom. The second-order valence-electron chi connectivity index (χ2n) is 5.49. The number of halogens is 1. The summed E-state index contributed by atoms with van der Waals surface area (Å²) in [6, 6.07) is 6.25. The Hall–Kier alpha value is -0.580. The monoisotopic (exact) mass is 328 g/mol. The van der Waals surface area contributed by atoms with Crippen molar-refractivity contribution in [3.8, 4) is 5.75 Å². The molecule has 0 aliphatic rings. The van der Waals surface area contributed by atoms with Gasteiger partial charge < -0.3 is 15.4 Å². The van der Waals surface area contributed by atoms with Crippen molar-refractivity contribution in [1.29, 1.82) is 0 Å². The molecule has 0 saturated carbocycles. The van der Waals surface area contributed by atoms with Gasteiger partial charge in [0, 0.05) is 12.1 Å². The van der Waals surface area contributed by atoms with Crippen LogP contribution < -0.4 is 10.5 Å². The van der Waals surface area contributed by atoms with Crippen molar-refractivity contribution in [3.63, 3.8) is 0 Å². The first-order chi connectivity index (χ1) is 8.90. The lowest BCUT2D eigenvalue weighted by Gasteiger charge is -2.35. The van der Waals surface area contributed by atoms with E-state index in [1.807, 2.05) is 6.07 Å². The first-order valence-corrected chi connectivity index (χ1v) is 7.43. The molecule has 0 aliphatic heterocycles. The predicted octanol–water partition coefficient (Wildman–Crippen LogP) is 3.06. The van der Waals surface area contributed by atoms with E-state index in [4.69, 9.17) is 10.5 Å². The zero-order valence-corrected chi connectivity index (χ0v) is 14.0. The molecule has 4 heteroatoms. The van der Waals surface area contributed by atoms with Gasteiger partial charge in [0.15, 0.2) is 0 Å². The van der Waals surface area contributed by atoms with E-state index in [-0.39, 0.29) is 5.54 Å². The van der Waals surface area contributed by atoms with Crippen LogP contribution in [-0.4, -0.2) is 37.7 Å². The highest BCUT2D eigenvalue weighted by Gasteiger charge is 2.21. The lowest BCUT2D eigenvalue weighted by atomic mass is 9.98. The SMILES string of the molecule is COc1ccc(CCN(C)C(C)(C)CCN)cc1Br. The van der Waals surface area contributed by atoms with Crippen molar-refractivity contribution in [1.82, 2.24) is 4.90 Å². The fourth-order valence-electron chi connectivity index (χ4n) is 2.01. The average molecular weight is 329 g/mol. The topological polar surface area (TPSA) is 38.5 Å². The van der Waals surface area contributed by atoms with Crippen LogP contribution in [0.2, 0.25) is 0 Å². The summed E-state index contributed by atoms with van der Waals surface area (Å²) in [5.74, 6) is 0.876. The highest BCUT2D eigenvalue weighted by atomic mass is 79.9. The molecule has 0 fully saturated rings. The summed E-state index contributed by atoms with van der Waals surface area (Å²) in [5.41, 5.74) is 7.12. The molecule has 1 aromatic carbocycles. The summed E-state index contributed by atoms with van der Waals surface area (Å²) >= 11 is 3.52. The molecule has 0 amide bonds. The van der Waals surface area contributed by atoms with Gasteiger partial charge in [0.05, 0.1) is 11.6 Å². The molecule has 3 nitrogen and oxygen atoms in total. The van der Waals surface area contributed by atoms with E-state index >= 15 is 0 Å². The van der Waals surface area contributed by atoms with Crippen LogP contribution in [0, 0.1) is 0 Å². The van der Waals surface area contributed by atoms with E-state index in [2.05, 4.69) is 53.9 Å². The molecule has 0 aromatic heterocycles. The molecule has 19 heavy (non-hydrogen) atoms. The Morgan fingerprint density at radius 1 is 1.37 bits per heavy atom. The van der Waals surface area contributed by atoms with Crippen LogP contribution in [0.15, 0.2) is 22.7 Å². The van der Waals surface area contributed by atoms with Gasteiger partial charge in [-0.15, -0.1) is 0 Å². The van der Waals surface area contributed by atoms with Crippen LogP contribution in [0.4, 0.5) is 0 Å². The molecule has 108 valence electrons. The third-order valence-corrected chi connectivity index (χ3v) is 4.36. The molecular weight excluding hydrogens is 304 g/mol. The third-order valence-electron chi connectivity index (χ3n) is 3.74. The molecule has 0 spiro atoms. The highest BCUT2D eigenvalue weighted by Crippen LogP contribution is 2.26. The quantitative estimate of drug-likeness (QED) is 0.836. The van der Waals surface area contributed by atoms with Gasteiger partial charge in [-0.3, -0.25) is 0 Å². The van der Waals surface area contributed by atoms with E-state index in [1.54, 1.807) is 7.11 Å². The first-order valence-electron chi connectivity index (χ1n) is 6.64. The van der Waals surface area contributed by atoms with Crippen LogP contribution in [0.3, 0.4) is 0 Å². The van der Waals surface area contributed by atoms with Crippen molar-refractivity contribution in [3.05, 3.63) is 28.2 Å². The maximum absolute atomic E-state index is 5.66. The van der Waals surface area contributed by atoms with E-state index in [1.165, 1.54) is 5.56 Å². The Morgan fingerprint density at radius 2 is 2.05 bits per heavy atom. The van der Waals surface area contributed by atoms with Crippen LogP contribution in [0.5, 0.6) is 5.75 Å². The molecule has 0 saturated heterocycles. The van der Waals surface area contributed by atoms with Gasteiger partial charge in [-0.1, -0.05) is 6.07 Å². The predicted molar refractivity (Wildman–Crippen MR) is 84.8 cm³/mol. The van der Waals surface area contributed by atoms with Gasteiger partial charge in [-0.25, -0.2) is 0 Å². The Kier molecular flexibility index (Phi) is 6.30. The summed E-state index contributed by atoms with van der Waals surface area (Å²) < 4.78 is 6.25. The summed E-state index contributed by atoms with van der Waals surface area (Å²) in [5, 5.41) is 0. The smallest absolute Gasteiger partial charge is 0.133 e. The van der Waals surface area contributed by atoms with Crippen LogP contribution in [0.25, 0.3) is 0 Å². The molecule has 0 aliphatic carbocycles. The average Bonchev–Trinajstić information content (AvgIpc) is 2.36. The fraction of sp³-hybridized carbons (Fsp3) is 0.600. The Labute approximate surface area is 125 Å². The van der Waals surface area contributed by atoms with Gasteiger partial charge in [-0.05, 0) is 73.9 Å². The molecule has 0 heterocycles. The second kappa shape index (κ2) is 7.27. The van der Waals surface area contributed by atoms with Crippen molar-refractivity contribution in [2.24, 2.45) is 5.73 Å². The Bertz CT molecular complexity index is 407. The van der Waals surface area contributed by atoms with E-state index in [0.717, 1.165) is 36.2 Å². The zero-order chi connectivity index (χ0) is 14.5. The lowest BCUT2D eigenvalue weighted by Crippen LogP contribution is -2.43. The van der Waals surface area contributed by atoms with Crippen molar-refractivity contribution >= 4 is 15.9 Å². The van der Waals surface area contributed by atoms with E-state index in [0.29, 0.717) is 0 Å². The van der Waals surface area contributed by atoms with Gasteiger partial charge in [0.1, 0.15) is 5.75 Å². The van der Waals surface area contributed by atoms with E-state index in [9.17, 15) is 0 Å². The maximum atomic E-state index is 5.66. The molecule has 0 atom stereocenters. The van der Waals surface area contributed by atoms with Crippen LogP contribution >= 0.6 is 15.9 Å². The van der Waals surface area contributed by atoms with Gasteiger partial charge in [0.2, 0.25) is 0 Å². The number of methoxy groups -OCH3 is 1. The van der Waals surface area contributed by atoms with Gasteiger partial charge >= 0.3 is 0 Å². The summed E-state index contributed by atoms with van der Waals surface area (Å²) in [6.45, 7) is 6.23. The highest BCUT2D eigenvalue weighted by molar-refractivity contribution is 9.10. The largest absolute Gasteiger partial charge is 0.496 e. The number of benzene rings is 1. The molecule has 0 unspecified atom stereocenters. The minimum absolute atomic E-state index is 0.151. The summed E-state index contributed by atoms with van der Waals surface area (Å²) in [7, 11) is 3.84. The number of nitrogens with two attached hydrogens (primary N) is 1. The minimum atomic E-state index is 0.151. The molecule has 2 N–H and O–H groups in total. The van der Waals surface area contributed by atoms with Crippen molar-refractivity contribution in [2.75, 3.05) is 27.2 Å². The second-order valence-corrected chi connectivity index (χ2v) is 6.35. The molecule has 1 aromatic rings. The van der Waals surface area contributed by atoms with Crippen LogP contribution in [-0.2, 0) is 6.42 Å². The number of nitrogens with zero attached hydrogens (tertiary/aromatic N) is 1. The number of likely N-dealkylation sites (N-methyl/N-ethyl adjacent to an activating group) is 1. The van der Waals surface area contributed by atoms with E-state index < -0.39 is 0 Å². The molecule has 1 rings (SSSR count). The number of hydrogen-bond donors (Lipinski definition) is 1. The lowest BCUT2D eigenvalue weighted by molar-refractivity contribution is 0.150. The molecule has 0 bridgehead atoms. The van der Waals surface area contributed by atoms with Gasteiger partial charge in [-0.2, -0.15) is 0 Å². The standard InChI is InChI=1S/C15H25BrN2O/c1-15(2,8-9-17)18(3)10-7-12-5-6-14(19-4)13(16)11-12/h5-6,11H,7-10,17H2,1-4H3.